The zero-order chi connectivity index (χ0) is 12.1. The first-order valence-corrected chi connectivity index (χ1v) is 6.22. The number of allylic oxidation sites excluding steroid dienone is 1. The number of nitrogens with zero attached hydrogens (tertiary/aromatic N) is 1. The Labute approximate surface area is 103 Å². The second-order valence-electron chi connectivity index (χ2n) is 4.67. The lowest BCUT2D eigenvalue weighted by Crippen LogP contribution is -2.37. The second-order valence-corrected chi connectivity index (χ2v) is 4.67. The van der Waals surface area contributed by atoms with Crippen LogP contribution in [0.15, 0.2) is 43.0 Å². The first-order chi connectivity index (χ1) is 8.29. The molecule has 2 heteroatoms. The van der Waals surface area contributed by atoms with Crippen LogP contribution in [0, 0.1) is 5.92 Å². The highest BCUT2D eigenvalue weighted by Crippen LogP contribution is 2.19. The van der Waals surface area contributed by atoms with Crippen LogP contribution in [-0.4, -0.2) is 23.8 Å². The monoisotopic (exact) mass is 229 g/mol. The summed E-state index contributed by atoms with van der Waals surface area (Å²) in [5.74, 6) is 0.354. The number of piperidine rings is 1. The van der Waals surface area contributed by atoms with Gasteiger partial charge >= 0.3 is 0 Å². The Morgan fingerprint density at radius 1 is 1.41 bits per heavy atom. The van der Waals surface area contributed by atoms with Gasteiger partial charge in [0, 0.05) is 19.0 Å². The topological polar surface area (TPSA) is 20.3 Å². The fraction of sp³-hybridized carbons (Fsp3) is 0.400. The van der Waals surface area contributed by atoms with Crippen molar-refractivity contribution in [3.63, 3.8) is 0 Å². The molecule has 90 valence electrons. The van der Waals surface area contributed by atoms with Gasteiger partial charge in [-0.3, -0.25) is 9.69 Å². The summed E-state index contributed by atoms with van der Waals surface area (Å²) in [6.45, 7) is 6.49. The van der Waals surface area contributed by atoms with Gasteiger partial charge in [-0.2, -0.15) is 0 Å². The van der Waals surface area contributed by atoms with E-state index in [0.29, 0.717) is 0 Å². The largest absolute Gasteiger partial charge is 0.298 e. The second kappa shape index (κ2) is 5.78. The Morgan fingerprint density at radius 3 is 2.88 bits per heavy atom. The third kappa shape index (κ3) is 3.27. The van der Waals surface area contributed by atoms with Gasteiger partial charge in [0.15, 0.2) is 5.78 Å². The minimum Gasteiger partial charge on any atom is -0.298 e. The summed E-state index contributed by atoms with van der Waals surface area (Å²) in [5.41, 5.74) is 1.32. The van der Waals surface area contributed by atoms with E-state index in [-0.39, 0.29) is 11.7 Å². The average Bonchev–Trinajstić information content (AvgIpc) is 2.39. The van der Waals surface area contributed by atoms with Crippen molar-refractivity contribution < 1.29 is 4.79 Å². The first-order valence-electron chi connectivity index (χ1n) is 6.22. The molecule has 1 heterocycles. The van der Waals surface area contributed by atoms with Crippen LogP contribution < -0.4 is 0 Å². The van der Waals surface area contributed by atoms with Crippen LogP contribution in [0.4, 0.5) is 0 Å². The van der Waals surface area contributed by atoms with Crippen molar-refractivity contribution in [1.29, 1.82) is 0 Å². The maximum absolute atomic E-state index is 11.6. The molecule has 0 saturated carbocycles. The van der Waals surface area contributed by atoms with Crippen molar-refractivity contribution in [2.75, 3.05) is 13.1 Å². The molecule has 0 bridgehead atoms. The predicted octanol–water partition coefficient (Wildman–Crippen LogP) is 2.65. The van der Waals surface area contributed by atoms with Gasteiger partial charge in [-0.1, -0.05) is 36.9 Å². The molecule has 1 aliphatic heterocycles. The van der Waals surface area contributed by atoms with Gasteiger partial charge in [-0.25, -0.2) is 0 Å². The van der Waals surface area contributed by atoms with E-state index in [2.05, 4.69) is 35.7 Å². The smallest absolute Gasteiger partial charge is 0.159 e. The highest BCUT2D eigenvalue weighted by molar-refractivity contribution is 5.91. The summed E-state index contributed by atoms with van der Waals surface area (Å²) in [4.78, 5) is 14.0. The Bertz CT molecular complexity index is 385. The molecule has 0 spiro atoms. The SMILES string of the molecule is C=CC(=O)C1CCCN(Cc2ccccc2)C1. The Hall–Kier alpha value is -1.41. The molecule has 0 radical (unpaired) electrons. The molecule has 17 heavy (non-hydrogen) atoms. The zero-order valence-electron chi connectivity index (χ0n) is 10.1. The quantitative estimate of drug-likeness (QED) is 0.740. The molecule has 1 saturated heterocycles. The lowest BCUT2D eigenvalue weighted by Gasteiger charge is -2.31. The molecule has 1 atom stereocenters. The summed E-state index contributed by atoms with van der Waals surface area (Å²) < 4.78 is 0. The van der Waals surface area contributed by atoms with E-state index < -0.39 is 0 Å². The highest BCUT2D eigenvalue weighted by Gasteiger charge is 2.23. The fourth-order valence-corrected chi connectivity index (χ4v) is 2.44. The molecule has 1 aliphatic rings. The van der Waals surface area contributed by atoms with E-state index in [1.54, 1.807) is 0 Å². The fourth-order valence-electron chi connectivity index (χ4n) is 2.44. The van der Waals surface area contributed by atoms with Crippen LogP contribution in [0.5, 0.6) is 0 Å². The Morgan fingerprint density at radius 2 is 2.18 bits per heavy atom. The Balaban J connectivity index is 1.94. The number of benzene rings is 1. The standard InChI is InChI=1S/C15H19NO/c1-2-15(17)14-9-6-10-16(12-14)11-13-7-4-3-5-8-13/h2-5,7-8,14H,1,6,9-12H2. The number of rotatable bonds is 4. The molecule has 1 unspecified atom stereocenters. The van der Waals surface area contributed by atoms with Gasteiger partial charge in [-0.15, -0.1) is 0 Å². The maximum Gasteiger partial charge on any atom is 0.159 e. The van der Waals surface area contributed by atoms with Gasteiger partial charge in [0.25, 0.3) is 0 Å². The van der Waals surface area contributed by atoms with Crippen LogP contribution in [0.1, 0.15) is 18.4 Å². The summed E-state index contributed by atoms with van der Waals surface area (Å²) >= 11 is 0. The van der Waals surface area contributed by atoms with Crippen molar-refractivity contribution in [1.82, 2.24) is 4.90 Å². The van der Waals surface area contributed by atoms with Crippen molar-refractivity contribution in [3.8, 4) is 0 Å². The van der Waals surface area contributed by atoms with Crippen LogP contribution in [0.25, 0.3) is 0 Å². The van der Waals surface area contributed by atoms with E-state index in [9.17, 15) is 4.79 Å². The number of hydrogen-bond donors (Lipinski definition) is 0. The average molecular weight is 229 g/mol. The number of carbonyl (C=O) groups excluding carboxylic acids is 1. The number of likely N-dealkylation sites (tertiary alicyclic amines) is 1. The summed E-state index contributed by atoms with van der Waals surface area (Å²) in [5, 5.41) is 0. The normalized spacial score (nSPS) is 21.1. The number of carbonyl (C=O) groups is 1. The predicted molar refractivity (Wildman–Crippen MR) is 69.6 cm³/mol. The van der Waals surface area contributed by atoms with E-state index in [1.165, 1.54) is 11.6 Å². The molecular weight excluding hydrogens is 210 g/mol. The van der Waals surface area contributed by atoms with Gasteiger partial charge in [0.1, 0.15) is 0 Å². The number of hydrogen-bond acceptors (Lipinski definition) is 2. The third-order valence-corrected chi connectivity index (χ3v) is 3.36. The van der Waals surface area contributed by atoms with Crippen LogP contribution in [0.3, 0.4) is 0 Å². The third-order valence-electron chi connectivity index (χ3n) is 3.36. The van der Waals surface area contributed by atoms with Crippen molar-refractivity contribution in [2.45, 2.75) is 19.4 Å². The summed E-state index contributed by atoms with van der Waals surface area (Å²) in [7, 11) is 0. The van der Waals surface area contributed by atoms with Crippen molar-refractivity contribution in [3.05, 3.63) is 48.6 Å². The molecule has 1 aromatic carbocycles. The molecular formula is C15H19NO. The molecule has 2 rings (SSSR count). The lowest BCUT2D eigenvalue weighted by atomic mass is 9.93. The minimum atomic E-state index is 0.157. The summed E-state index contributed by atoms with van der Waals surface area (Å²) in [6.07, 6.45) is 3.59. The number of ketones is 1. The molecule has 0 amide bonds. The van der Waals surface area contributed by atoms with Crippen molar-refractivity contribution >= 4 is 5.78 Å². The van der Waals surface area contributed by atoms with E-state index in [1.807, 2.05) is 6.07 Å². The summed E-state index contributed by atoms with van der Waals surface area (Å²) in [6, 6.07) is 10.4. The lowest BCUT2D eigenvalue weighted by molar-refractivity contribution is -0.119. The van der Waals surface area contributed by atoms with Crippen LogP contribution >= 0.6 is 0 Å². The van der Waals surface area contributed by atoms with E-state index >= 15 is 0 Å². The van der Waals surface area contributed by atoms with Crippen LogP contribution in [0.2, 0.25) is 0 Å². The first kappa shape index (κ1) is 12.1. The minimum absolute atomic E-state index is 0.157. The molecule has 0 aliphatic carbocycles. The maximum atomic E-state index is 11.6. The van der Waals surface area contributed by atoms with Gasteiger partial charge in [0.05, 0.1) is 0 Å². The Kier molecular flexibility index (Phi) is 4.10. The van der Waals surface area contributed by atoms with Crippen LogP contribution in [-0.2, 0) is 11.3 Å². The van der Waals surface area contributed by atoms with E-state index in [4.69, 9.17) is 0 Å². The molecule has 1 fully saturated rings. The van der Waals surface area contributed by atoms with Gasteiger partial charge < -0.3 is 0 Å². The van der Waals surface area contributed by atoms with Crippen molar-refractivity contribution in [2.24, 2.45) is 5.92 Å². The van der Waals surface area contributed by atoms with Gasteiger partial charge in [0.2, 0.25) is 0 Å². The molecule has 0 N–H and O–H groups in total. The highest BCUT2D eigenvalue weighted by atomic mass is 16.1. The van der Waals surface area contributed by atoms with E-state index in [0.717, 1.165) is 32.5 Å². The molecule has 1 aromatic rings. The van der Waals surface area contributed by atoms with Gasteiger partial charge in [-0.05, 0) is 31.0 Å². The molecule has 2 nitrogen and oxygen atoms in total. The zero-order valence-corrected chi connectivity index (χ0v) is 10.1. The molecule has 0 aromatic heterocycles.